The summed E-state index contributed by atoms with van der Waals surface area (Å²) in [5.74, 6) is -2.56. The Balaban J connectivity index is 2.04. The van der Waals surface area contributed by atoms with Crippen molar-refractivity contribution in [2.24, 2.45) is 5.73 Å². The van der Waals surface area contributed by atoms with E-state index < -0.39 is 24.1 Å². The number of allylic oxidation sites excluding steroid dienone is 1. The highest BCUT2D eigenvalue weighted by Crippen LogP contribution is 2.45. The first-order chi connectivity index (χ1) is 16.5. The molecule has 0 aliphatic carbocycles. The Morgan fingerprint density at radius 2 is 1.62 bits per heavy atom. The molecular weight excluding hydrogens is 438 g/mol. The molecule has 9 nitrogen and oxygen atoms in total. The molecular formula is C25H23N3O6. The maximum atomic E-state index is 13.2. The van der Waals surface area contributed by atoms with Crippen molar-refractivity contribution in [1.82, 2.24) is 0 Å². The molecule has 0 spiro atoms. The van der Waals surface area contributed by atoms with E-state index in [1.165, 1.54) is 19.1 Å². The van der Waals surface area contributed by atoms with Crippen LogP contribution in [0, 0.1) is 11.3 Å². The molecule has 1 atom stereocenters. The van der Waals surface area contributed by atoms with Crippen LogP contribution in [-0.4, -0.2) is 39.4 Å². The van der Waals surface area contributed by atoms with Gasteiger partial charge >= 0.3 is 11.9 Å². The van der Waals surface area contributed by atoms with Crippen molar-refractivity contribution in [3.8, 4) is 6.07 Å². The number of hydrogen-bond acceptors (Lipinski definition) is 9. The minimum absolute atomic E-state index is 0.0187. The Morgan fingerprint density at radius 3 is 2.24 bits per heavy atom. The van der Waals surface area contributed by atoms with Crippen LogP contribution in [0.15, 0.2) is 77.3 Å². The van der Waals surface area contributed by atoms with Gasteiger partial charge in [-0.3, -0.25) is 4.90 Å². The number of carbonyl (C=O) groups is 2. The largest absolute Gasteiger partial charge is 0.466 e. The number of carbonyl (C=O) groups excluding carboxylic acids is 2. The molecule has 0 amide bonds. The van der Waals surface area contributed by atoms with Gasteiger partial charge in [0, 0.05) is 5.56 Å². The molecule has 2 N–H and O–H groups in total. The highest BCUT2D eigenvalue weighted by Gasteiger charge is 2.43. The first kappa shape index (κ1) is 23.0. The van der Waals surface area contributed by atoms with Crippen molar-refractivity contribution >= 4 is 17.6 Å². The maximum absolute atomic E-state index is 13.2. The normalized spacial score (nSPS) is 18.6. The van der Waals surface area contributed by atoms with Crippen LogP contribution >= 0.6 is 0 Å². The number of anilines is 1. The van der Waals surface area contributed by atoms with Gasteiger partial charge in [-0.25, -0.2) is 9.59 Å². The first-order valence-corrected chi connectivity index (χ1v) is 10.5. The first-order valence-electron chi connectivity index (χ1n) is 10.5. The summed E-state index contributed by atoms with van der Waals surface area (Å²) in [5.41, 5.74) is 8.01. The lowest BCUT2D eigenvalue weighted by Gasteiger charge is -2.37. The van der Waals surface area contributed by atoms with E-state index in [-0.39, 0.29) is 22.7 Å². The molecule has 2 heterocycles. The van der Waals surface area contributed by atoms with Crippen LogP contribution in [0.1, 0.15) is 23.3 Å². The number of nitrogens with two attached hydrogens (primary N) is 1. The molecule has 2 aromatic rings. The van der Waals surface area contributed by atoms with Crippen molar-refractivity contribution in [3.63, 3.8) is 0 Å². The Bertz CT molecular complexity index is 1210. The van der Waals surface area contributed by atoms with Crippen molar-refractivity contribution in [1.29, 1.82) is 5.26 Å². The number of ether oxygens (including phenoxy) is 4. The molecule has 0 bridgehead atoms. The van der Waals surface area contributed by atoms with E-state index in [0.717, 1.165) is 0 Å². The van der Waals surface area contributed by atoms with Crippen LogP contribution in [0.3, 0.4) is 0 Å². The van der Waals surface area contributed by atoms with Crippen LogP contribution in [-0.2, 0) is 28.5 Å². The number of hydrogen-bond donors (Lipinski definition) is 1. The quantitative estimate of drug-likeness (QED) is 0.669. The third-order valence-electron chi connectivity index (χ3n) is 5.66. The predicted molar refractivity (Wildman–Crippen MR) is 121 cm³/mol. The molecule has 0 radical (unpaired) electrons. The minimum atomic E-state index is -0.935. The van der Waals surface area contributed by atoms with E-state index in [1.807, 2.05) is 0 Å². The highest BCUT2D eigenvalue weighted by atomic mass is 16.7. The Kier molecular flexibility index (Phi) is 6.63. The molecule has 4 rings (SSSR count). The summed E-state index contributed by atoms with van der Waals surface area (Å²) in [4.78, 5) is 27.7. The summed E-state index contributed by atoms with van der Waals surface area (Å²) in [6.45, 7) is 0.800. The molecule has 0 aromatic heterocycles. The summed E-state index contributed by atoms with van der Waals surface area (Å²) >= 11 is 0. The van der Waals surface area contributed by atoms with Gasteiger partial charge in [-0.1, -0.05) is 48.5 Å². The van der Waals surface area contributed by atoms with Crippen molar-refractivity contribution in [2.75, 3.05) is 32.3 Å². The average Bonchev–Trinajstić information content (AvgIpc) is 3.42. The Hall–Kier alpha value is -4.13. The van der Waals surface area contributed by atoms with Gasteiger partial charge in [-0.05, 0) is 11.6 Å². The van der Waals surface area contributed by atoms with E-state index in [0.29, 0.717) is 30.0 Å². The van der Waals surface area contributed by atoms with Crippen molar-refractivity contribution < 1.29 is 28.5 Å². The van der Waals surface area contributed by atoms with E-state index >= 15 is 0 Å². The molecule has 0 saturated carbocycles. The highest BCUT2D eigenvalue weighted by molar-refractivity contribution is 6.06. The number of methoxy groups -OCH3 is 2. The second kappa shape index (κ2) is 9.79. The summed E-state index contributed by atoms with van der Waals surface area (Å²) in [6.07, 6.45) is -0.707. The van der Waals surface area contributed by atoms with Crippen molar-refractivity contribution in [3.05, 3.63) is 88.4 Å². The number of esters is 2. The number of rotatable bonds is 5. The zero-order valence-corrected chi connectivity index (χ0v) is 18.7. The third-order valence-corrected chi connectivity index (χ3v) is 5.66. The van der Waals surface area contributed by atoms with Crippen LogP contribution in [0.25, 0.3) is 0 Å². The number of benzene rings is 2. The number of nitriles is 1. The standard InChI is InChI=1S/C25H23N3O6/c1-31-23(29)20-19(15-8-4-3-5-9-15)17(14-26)22(27)28(21(20)24(30)32-2)18-11-7-6-10-16(18)25-33-12-13-34-25/h3-11,19,25H,12-13,27H2,1-2H3. The van der Waals surface area contributed by atoms with E-state index in [1.54, 1.807) is 54.6 Å². The topological polar surface area (TPSA) is 124 Å². The fraction of sp³-hybridized carbons (Fsp3) is 0.240. The van der Waals surface area contributed by atoms with Gasteiger partial charge in [0.05, 0.1) is 56.3 Å². The van der Waals surface area contributed by atoms with Crippen LogP contribution in [0.5, 0.6) is 0 Å². The number of para-hydroxylation sites is 1. The van der Waals surface area contributed by atoms with Crippen molar-refractivity contribution in [2.45, 2.75) is 12.2 Å². The molecule has 2 aliphatic rings. The van der Waals surface area contributed by atoms with Gasteiger partial charge < -0.3 is 24.7 Å². The molecule has 2 aromatic carbocycles. The van der Waals surface area contributed by atoms with E-state index in [2.05, 4.69) is 6.07 Å². The Labute approximate surface area is 196 Å². The van der Waals surface area contributed by atoms with E-state index in [9.17, 15) is 14.9 Å². The smallest absolute Gasteiger partial charge is 0.355 e. The fourth-order valence-corrected chi connectivity index (χ4v) is 4.19. The molecule has 1 fully saturated rings. The average molecular weight is 461 g/mol. The molecule has 174 valence electrons. The van der Waals surface area contributed by atoms with E-state index in [4.69, 9.17) is 24.7 Å². The lowest BCUT2D eigenvalue weighted by atomic mass is 9.80. The van der Waals surface area contributed by atoms with Gasteiger partial charge in [0.15, 0.2) is 6.29 Å². The monoisotopic (exact) mass is 461 g/mol. The summed E-state index contributed by atoms with van der Waals surface area (Å²) < 4.78 is 21.5. The second-order valence-electron chi connectivity index (χ2n) is 7.47. The SMILES string of the molecule is COC(=O)C1=C(C(=O)OC)N(c2ccccc2C2OCCO2)C(N)=C(C#N)C1c1ccccc1. The zero-order valence-electron chi connectivity index (χ0n) is 18.7. The van der Waals surface area contributed by atoms with Gasteiger partial charge in [0.1, 0.15) is 11.5 Å². The van der Waals surface area contributed by atoms with Gasteiger partial charge in [-0.2, -0.15) is 5.26 Å². The third kappa shape index (κ3) is 3.90. The van der Waals surface area contributed by atoms with Gasteiger partial charge in [-0.15, -0.1) is 0 Å². The lowest BCUT2D eigenvalue weighted by molar-refractivity contribution is -0.139. The molecule has 34 heavy (non-hydrogen) atoms. The molecule has 2 aliphatic heterocycles. The summed E-state index contributed by atoms with van der Waals surface area (Å²) in [7, 11) is 2.41. The van der Waals surface area contributed by atoms with Gasteiger partial charge in [0.25, 0.3) is 0 Å². The van der Waals surface area contributed by atoms with Crippen LogP contribution < -0.4 is 10.6 Å². The van der Waals surface area contributed by atoms with Crippen LogP contribution in [0.2, 0.25) is 0 Å². The summed E-state index contributed by atoms with van der Waals surface area (Å²) in [5, 5.41) is 10.1. The number of nitrogens with zero attached hydrogens (tertiary/aromatic N) is 2. The molecule has 1 unspecified atom stereocenters. The van der Waals surface area contributed by atoms with Gasteiger partial charge in [0.2, 0.25) is 0 Å². The maximum Gasteiger partial charge on any atom is 0.355 e. The lowest BCUT2D eigenvalue weighted by Crippen LogP contribution is -2.41. The molecule has 1 saturated heterocycles. The minimum Gasteiger partial charge on any atom is -0.466 e. The summed E-state index contributed by atoms with van der Waals surface area (Å²) in [6, 6.07) is 18.0. The predicted octanol–water partition coefficient (Wildman–Crippen LogP) is 2.63. The Morgan fingerprint density at radius 1 is 1.00 bits per heavy atom. The zero-order chi connectivity index (χ0) is 24.2. The fourth-order valence-electron chi connectivity index (χ4n) is 4.19. The molecule has 9 heteroatoms. The second-order valence-corrected chi connectivity index (χ2v) is 7.47. The van der Waals surface area contributed by atoms with Crippen LogP contribution in [0.4, 0.5) is 5.69 Å².